The first kappa shape index (κ1) is 17.7. The number of aromatic nitrogens is 1. The minimum Gasteiger partial charge on any atom is -0.342 e. The van der Waals surface area contributed by atoms with Gasteiger partial charge in [0.25, 0.3) is 0 Å². The number of fused-ring (bicyclic) bond motifs is 1. The highest BCUT2D eigenvalue weighted by Gasteiger charge is 2.32. The van der Waals surface area contributed by atoms with Crippen molar-refractivity contribution < 1.29 is 13.2 Å². The first-order valence-electron chi connectivity index (χ1n) is 7.89. The zero-order chi connectivity index (χ0) is 17.2. The third kappa shape index (κ3) is 4.29. The van der Waals surface area contributed by atoms with Crippen molar-refractivity contribution in [3.05, 3.63) is 24.3 Å². The van der Waals surface area contributed by atoms with Crippen LogP contribution in [0.5, 0.6) is 0 Å². The van der Waals surface area contributed by atoms with Crippen LogP contribution in [0.4, 0.5) is 0 Å². The standard InChI is InChI=1S/C16H20N2O3S3/c1-18(12-8-10-24(20,21)11-12)15(19)7-4-9-22-16-17-13-5-2-3-6-14(13)23-16/h2-3,5-6,12H,4,7-11H2,1H3/t12-/m1/s1. The Bertz CT molecular complexity index is 799. The maximum Gasteiger partial charge on any atom is 0.222 e. The van der Waals surface area contributed by atoms with Gasteiger partial charge in [-0.1, -0.05) is 23.9 Å². The van der Waals surface area contributed by atoms with Crippen molar-refractivity contribution >= 4 is 49.1 Å². The zero-order valence-electron chi connectivity index (χ0n) is 13.5. The van der Waals surface area contributed by atoms with E-state index in [0.29, 0.717) is 12.8 Å². The van der Waals surface area contributed by atoms with E-state index in [1.165, 1.54) is 4.70 Å². The fourth-order valence-electron chi connectivity index (χ4n) is 2.76. The van der Waals surface area contributed by atoms with Crippen molar-refractivity contribution in [2.24, 2.45) is 0 Å². The molecule has 1 aliphatic heterocycles. The molecule has 8 heteroatoms. The molecule has 0 unspecified atom stereocenters. The molecule has 130 valence electrons. The lowest BCUT2D eigenvalue weighted by molar-refractivity contribution is -0.131. The van der Waals surface area contributed by atoms with Gasteiger partial charge in [-0.15, -0.1) is 11.3 Å². The van der Waals surface area contributed by atoms with Crippen LogP contribution in [0.2, 0.25) is 0 Å². The second-order valence-corrected chi connectivity index (χ2v) is 10.6. The van der Waals surface area contributed by atoms with Gasteiger partial charge in [-0.05, 0) is 25.0 Å². The van der Waals surface area contributed by atoms with Crippen molar-refractivity contribution in [3.8, 4) is 0 Å². The number of hydrogen-bond acceptors (Lipinski definition) is 6. The summed E-state index contributed by atoms with van der Waals surface area (Å²) in [5.41, 5.74) is 1.02. The van der Waals surface area contributed by atoms with Crippen LogP contribution in [-0.2, 0) is 14.6 Å². The fraction of sp³-hybridized carbons (Fsp3) is 0.500. The van der Waals surface area contributed by atoms with Gasteiger partial charge >= 0.3 is 0 Å². The summed E-state index contributed by atoms with van der Waals surface area (Å²) in [4.78, 5) is 18.4. The number of carbonyl (C=O) groups excluding carboxylic acids is 1. The molecular weight excluding hydrogens is 364 g/mol. The first-order chi connectivity index (χ1) is 11.4. The van der Waals surface area contributed by atoms with Gasteiger partial charge < -0.3 is 4.90 Å². The van der Waals surface area contributed by atoms with E-state index in [-0.39, 0.29) is 23.5 Å². The Labute approximate surface area is 150 Å². The molecule has 0 saturated carbocycles. The molecule has 2 aromatic rings. The summed E-state index contributed by atoms with van der Waals surface area (Å²) in [5, 5.41) is 0. The first-order valence-corrected chi connectivity index (χ1v) is 11.5. The summed E-state index contributed by atoms with van der Waals surface area (Å²) in [5.74, 6) is 1.17. The minimum atomic E-state index is -2.95. The highest BCUT2D eigenvalue weighted by Crippen LogP contribution is 2.29. The Morgan fingerprint density at radius 3 is 2.92 bits per heavy atom. The second kappa shape index (κ2) is 7.41. The number of sulfone groups is 1. The van der Waals surface area contributed by atoms with Crippen molar-refractivity contribution in [2.75, 3.05) is 24.3 Å². The molecule has 0 spiro atoms. The van der Waals surface area contributed by atoms with Crippen LogP contribution in [0, 0.1) is 0 Å². The molecule has 2 heterocycles. The van der Waals surface area contributed by atoms with E-state index in [2.05, 4.69) is 11.1 Å². The van der Waals surface area contributed by atoms with Crippen molar-refractivity contribution in [3.63, 3.8) is 0 Å². The molecule has 3 rings (SSSR count). The van der Waals surface area contributed by atoms with Crippen molar-refractivity contribution in [1.82, 2.24) is 9.88 Å². The summed E-state index contributed by atoms with van der Waals surface area (Å²) in [6.45, 7) is 0. The van der Waals surface area contributed by atoms with Crippen molar-refractivity contribution in [2.45, 2.75) is 29.6 Å². The van der Waals surface area contributed by atoms with E-state index in [0.717, 1.165) is 22.0 Å². The van der Waals surface area contributed by atoms with Crippen LogP contribution >= 0.6 is 23.1 Å². The van der Waals surface area contributed by atoms with Gasteiger partial charge in [0.05, 0.1) is 21.7 Å². The quantitative estimate of drug-likeness (QED) is 0.566. The SMILES string of the molecule is CN(C(=O)CCCSc1nc2ccccc2s1)[C@@H]1CCS(=O)(=O)C1. The highest BCUT2D eigenvalue weighted by atomic mass is 32.2. The molecule has 0 bridgehead atoms. The molecule has 24 heavy (non-hydrogen) atoms. The monoisotopic (exact) mass is 384 g/mol. The fourth-order valence-corrected chi connectivity index (χ4v) is 6.61. The number of thiazole rings is 1. The summed E-state index contributed by atoms with van der Waals surface area (Å²) < 4.78 is 25.2. The molecule has 1 saturated heterocycles. The molecule has 0 N–H and O–H groups in total. The molecule has 5 nitrogen and oxygen atoms in total. The molecule has 0 radical (unpaired) electrons. The lowest BCUT2D eigenvalue weighted by atomic mass is 10.2. The highest BCUT2D eigenvalue weighted by molar-refractivity contribution is 8.01. The van der Waals surface area contributed by atoms with Crippen LogP contribution < -0.4 is 0 Å². The smallest absolute Gasteiger partial charge is 0.222 e. The number of nitrogens with zero attached hydrogens (tertiary/aromatic N) is 2. The molecule has 1 amide bonds. The Morgan fingerprint density at radius 2 is 2.21 bits per heavy atom. The predicted molar refractivity (Wildman–Crippen MR) is 99.4 cm³/mol. The molecule has 0 aliphatic carbocycles. The number of thioether (sulfide) groups is 1. The zero-order valence-corrected chi connectivity index (χ0v) is 15.9. The lowest BCUT2D eigenvalue weighted by Gasteiger charge is -2.23. The average molecular weight is 385 g/mol. The van der Waals surface area contributed by atoms with Crippen LogP contribution in [0.3, 0.4) is 0 Å². The molecular formula is C16H20N2O3S3. The van der Waals surface area contributed by atoms with E-state index < -0.39 is 9.84 Å². The van der Waals surface area contributed by atoms with Crippen LogP contribution in [0.15, 0.2) is 28.6 Å². The number of amides is 1. The maximum atomic E-state index is 12.2. The van der Waals surface area contributed by atoms with Gasteiger partial charge in [0, 0.05) is 25.3 Å². The second-order valence-electron chi connectivity index (χ2n) is 5.96. The van der Waals surface area contributed by atoms with Crippen LogP contribution in [-0.4, -0.2) is 54.6 Å². The van der Waals surface area contributed by atoms with Gasteiger partial charge in [0.2, 0.25) is 5.91 Å². The summed E-state index contributed by atoms with van der Waals surface area (Å²) >= 11 is 3.35. The third-order valence-corrected chi connectivity index (χ3v) is 8.20. The molecule has 1 aliphatic rings. The number of carbonyl (C=O) groups is 1. The Kier molecular flexibility index (Phi) is 5.46. The van der Waals surface area contributed by atoms with E-state index in [9.17, 15) is 13.2 Å². The minimum absolute atomic E-state index is 0.0296. The molecule has 1 aromatic heterocycles. The number of benzene rings is 1. The van der Waals surface area contributed by atoms with Crippen molar-refractivity contribution in [1.29, 1.82) is 0 Å². The lowest BCUT2D eigenvalue weighted by Crippen LogP contribution is -2.37. The summed E-state index contributed by atoms with van der Waals surface area (Å²) in [6, 6.07) is 7.90. The topological polar surface area (TPSA) is 67.3 Å². The van der Waals surface area contributed by atoms with E-state index in [4.69, 9.17) is 0 Å². The predicted octanol–water partition coefficient (Wildman–Crippen LogP) is 2.81. The van der Waals surface area contributed by atoms with Gasteiger partial charge in [-0.2, -0.15) is 0 Å². The largest absolute Gasteiger partial charge is 0.342 e. The molecule has 1 aromatic carbocycles. The Balaban J connectivity index is 1.43. The molecule has 1 atom stereocenters. The number of rotatable bonds is 6. The van der Waals surface area contributed by atoms with Gasteiger partial charge in [-0.3, -0.25) is 4.79 Å². The van der Waals surface area contributed by atoms with Gasteiger partial charge in [0.1, 0.15) is 0 Å². The van der Waals surface area contributed by atoms with E-state index in [1.54, 1.807) is 35.0 Å². The van der Waals surface area contributed by atoms with Gasteiger partial charge in [0.15, 0.2) is 14.2 Å². The Hall–Kier alpha value is -1.12. The third-order valence-electron chi connectivity index (χ3n) is 4.18. The van der Waals surface area contributed by atoms with E-state index >= 15 is 0 Å². The van der Waals surface area contributed by atoms with Gasteiger partial charge in [-0.25, -0.2) is 13.4 Å². The summed E-state index contributed by atoms with van der Waals surface area (Å²) in [6.07, 6.45) is 1.78. The Morgan fingerprint density at radius 1 is 1.42 bits per heavy atom. The number of para-hydroxylation sites is 1. The maximum absolute atomic E-state index is 12.2. The van der Waals surface area contributed by atoms with Crippen LogP contribution in [0.25, 0.3) is 10.2 Å². The summed E-state index contributed by atoms with van der Waals surface area (Å²) in [7, 11) is -1.24. The average Bonchev–Trinajstić information content (AvgIpc) is 3.13. The van der Waals surface area contributed by atoms with Crippen LogP contribution in [0.1, 0.15) is 19.3 Å². The molecule has 1 fully saturated rings. The normalized spacial score (nSPS) is 19.6. The van der Waals surface area contributed by atoms with E-state index in [1.807, 2.05) is 18.2 Å². The number of hydrogen-bond donors (Lipinski definition) is 0.